The van der Waals surface area contributed by atoms with E-state index in [1.807, 2.05) is 13.8 Å². The predicted octanol–water partition coefficient (Wildman–Crippen LogP) is 3.57. The Morgan fingerprint density at radius 3 is 2.50 bits per heavy atom. The van der Waals surface area contributed by atoms with Crippen molar-refractivity contribution in [3.63, 3.8) is 0 Å². The standard InChI is InChI=1S/C31H42N6O7/c1-16-17(2)27(43-18(3)38)25(14-22(16)30(41)42-4)44-26(39)12-19-8-5-6-11-24(19)36-31-34-15-23(28(33)40)29(37-31)35-21-10-7-9-20(32)13-21/h7,9-10,13,15-17,19,22,24-25,27H,5-6,8,11-12,14,32H2,1-4H3,(H2,33,40)(H2,34,35,36,37)/t16-,17-,19+,22?,24+,25?,27?/m0/s1. The van der Waals surface area contributed by atoms with Gasteiger partial charge in [-0.15, -0.1) is 0 Å². The predicted molar refractivity (Wildman–Crippen MR) is 163 cm³/mol. The zero-order chi connectivity index (χ0) is 32.0. The van der Waals surface area contributed by atoms with E-state index in [1.54, 1.807) is 24.3 Å². The van der Waals surface area contributed by atoms with Crippen LogP contribution in [0.4, 0.5) is 23.1 Å². The minimum Gasteiger partial charge on any atom is -0.469 e. The highest BCUT2D eigenvalue weighted by molar-refractivity contribution is 5.98. The van der Waals surface area contributed by atoms with Gasteiger partial charge in [0, 0.05) is 42.9 Å². The molecule has 0 radical (unpaired) electrons. The fourth-order valence-electron chi connectivity index (χ4n) is 6.27. The second-order valence-electron chi connectivity index (χ2n) is 11.8. The lowest BCUT2D eigenvalue weighted by molar-refractivity contribution is -0.186. The molecule has 13 heteroatoms. The van der Waals surface area contributed by atoms with Gasteiger partial charge in [0.1, 0.15) is 23.6 Å². The number of benzene rings is 1. The number of carbonyl (C=O) groups excluding carboxylic acids is 4. The first kappa shape index (κ1) is 32.5. The van der Waals surface area contributed by atoms with Gasteiger partial charge in [0.2, 0.25) is 5.95 Å². The van der Waals surface area contributed by atoms with E-state index in [4.69, 9.17) is 25.7 Å². The van der Waals surface area contributed by atoms with E-state index in [2.05, 4.69) is 20.6 Å². The van der Waals surface area contributed by atoms with Gasteiger partial charge in [-0.25, -0.2) is 4.98 Å². The number of nitrogen functional groups attached to an aromatic ring is 1. The molecule has 2 fully saturated rings. The van der Waals surface area contributed by atoms with Crippen LogP contribution in [0, 0.1) is 23.7 Å². The second kappa shape index (κ2) is 14.4. The molecule has 3 unspecified atom stereocenters. The van der Waals surface area contributed by atoms with Gasteiger partial charge in [0.25, 0.3) is 5.91 Å². The van der Waals surface area contributed by atoms with Crippen LogP contribution >= 0.6 is 0 Å². The van der Waals surface area contributed by atoms with Crippen LogP contribution < -0.4 is 22.1 Å². The maximum absolute atomic E-state index is 13.3. The summed E-state index contributed by atoms with van der Waals surface area (Å²) in [5, 5.41) is 6.43. The Hall–Kier alpha value is -4.42. The minimum absolute atomic E-state index is 0.0930. The molecule has 0 saturated heterocycles. The summed E-state index contributed by atoms with van der Waals surface area (Å²) in [7, 11) is 1.33. The Morgan fingerprint density at radius 2 is 1.82 bits per heavy atom. The third-order valence-electron chi connectivity index (χ3n) is 8.78. The van der Waals surface area contributed by atoms with Crippen molar-refractivity contribution < 1.29 is 33.4 Å². The highest BCUT2D eigenvalue weighted by Crippen LogP contribution is 2.39. The van der Waals surface area contributed by atoms with Crippen LogP contribution in [0.15, 0.2) is 30.5 Å². The largest absolute Gasteiger partial charge is 0.469 e. The van der Waals surface area contributed by atoms with Gasteiger partial charge >= 0.3 is 17.9 Å². The summed E-state index contributed by atoms with van der Waals surface area (Å²) in [6, 6.07) is 6.85. The molecular formula is C31H42N6O7. The van der Waals surface area contributed by atoms with Crippen LogP contribution in [0.2, 0.25) is 0 Å². The van der Waals surface area contributed by atoms with Gasteiger partial charge < -0.3 is 36.3 Å². The lowest BCUT2D eigenvalue weighted by atomic mass is 9.70. The third kappa shape index (κ3) is 7.94. The van der Waals surface area contributed by atoms with Crippen molar-refractivity contribution in [2.75, 3.05) is 23.5 Å². The minimum atomic E-state index is -0.776. The number of rotatable bonds is 10. The van der Waals surface area contributed by atoms with E-state index in [0.717, 1.165) is 25.7 Å². The van der Waals surface area contributed by atoms with Gasteiger partial charge in [-0.3, -0.25) is 19.2 Å². The number of nitrogens with one attached hydrogen (secondary N) is 2. The maximum atomic E-state index is 13.3. The van der Waals surface area contributed by atoms with Crippen molar-refractivity contribution in [2.24, 2.45) is 29.4 Å². The summed E-state index contributed by atoms with van der Waals surface area (Å²) < 4.78 is 16.5. The number of hydrogen-bond donors (Lipinski definition) is 4. The van der Waals surface area contributed by atoms with Crippen LogP contribution in [0.1, 0.15) is 69.7 Å². The smallest absolute Gasteiger partial charge is 0.309 e. The Kier molecular flexibility index (Phi) is 10.6. The summed E-state index contributed by atoms with van der Waals surface area (Å²) in [4.78, 5) is 58.6. The molecular weight excluding hydrogens is 568 g/mol. The lowest BCUT2D eigenvalue weighted by Gasteiger charge is -2.42. The number of amides is 1. The van der Waals surface area contributed by atoms with Crippen LogP contribution in [-0.2, 0) is 28.6 Å². The average Bonchev–Trinajstić information content (AvgIpc) is 2.97. The summed E-state index contributed by atoms with van der Waals surface area (Å²) in [5.74, 6) is -2.42. The summed E-state index contributed by atoms with van der Waals surface area (Å²) in [5.41, 5.74) is 12.7. The number of nitrogens with two attached hydrogens (primary N) is 2. The van der Waals surface area contributed by atoms with Crippen molar-refractivity contribution >= 4 is 47.0 Å². The number of hydrogen-bond acceptors (Lipinski definition) is 12. The molecule has 2 aromatic rings. The zero-order valence-corrected chi connectivity index (χ0v) is 25.6. The van der Waals surface area contributed by atoms with Crippen molar-refractivity contribution in [2.45, 2.75) is 77.5 Å². The molecule has 13 nitrogen and oxygen atoms in total. The number of ether oxygens (including phenoxy) is 3. The van der Waals surface area contributed by atoms with Gasteiger partial charge in [-0.2, -0.15) is 4.98 Å². The molecule has 44 heavy (non-hydrogen) atoms. The molecule has 0 bridgehead atoms. The van der Waals surface area contributed by atoms with Crippen molar-refractivity contribution in [3.05, 3.63) is 36.0 Å². The number of nitrogens with zero attached hydrogens (tertiary/aromatic N) is 2. The fourth-order valence-corrected chi connectivity index (χ4v) is 6.27. The maximum Gasteiger partial charge on any atom is 0.309 e. The quantitative estimate of drug-likeness (QED) is 0.174. The van der Waals surface area contributed by atoms with E-state index in [0.29, 0.717) is 11.4 Å². The topological polar surface area (TPSA) is 198 Å². The molecule has 238 valence electrons. The second-order valence-corrected chi connectivity index (χ2v) is 11.8. The van der Waals surface area contributed by atoms with E-state index >= 15 is 0 Å². The van der Waals surface area contributed by atoms with Gasteiger partial charge in [-0.05, 0) is 42.9 Å². The first-order valence-electron chi connectivity index (χ1n) is 15.0. The molecule has 1 aromatic heterocycles. The van der Waals surface area contributed by atoms with Crippen LogP contribution in [0.3, 0.4) is 0 Å². The molecule has 6 N–H and O–H groups in total. The Labute approximate surface area is 256 Å². The highest BCUT2D eigenvalue weighted by atomic mass is 16.6. The van der Waals surface area contributed by atoms with Gasteiger partial charge in [-0.1, -0.05) is 32.8 Å². The summed E-state index contributed by atoms with van der Waals surface area (Å²) >= 11 is 0. The van der Waals surface area contributed by atoms with Crippen LogP contribution in [0.5, 0.6) is 0 Å². The highest BCUT2D eigenvalue weighted by Gasteiger charge is 2.47. The number of carbonyl (C=O) groups is 4. The SMILES string of the molecule is COC(=O)C1CC(OC(=O)C[C@H]2CCCC[C@H]2Nc2ncc(C(N)=O)c(Nc3cccc(N)c3)n2)C(OC(C)=O)[C@@H](C)[C@@H]1C. The normalized spacial score (nSPS) is 26.6. The van der Waals surface area contributed by atoms with E-state index < -0.39 is 36.0 Å². The Morgan fingerprint density at radius 1 is 1.07 bits per heavy atom. The molecule has 1 amide bonds. The third-order valence-corrected chi connectivity index (χ3v) is 8.78. The first-order valence-corrected chi connectivity index (χ1v) is 15.0. The fraction of sp³-hybridized carbons (Fsp3) is 0.548. The van der Waals surface area contributed by atoms with E-state index in [1.165, 1.54) is 20.2 Å². The molecule has 4 rings (SSSR count). The van der Waals surface area contributed by atoms with Crippen molar-refractivity contribution in [1.82, 2.24) is 9.97 Å². The van der Waals surface area contributed by atoms with Gasteiger partial charge in [0.15, 0.2) is 0 Å². The molecule has 2 aliphatic rings. The summed E-state index contributed by atoms with van der Waals surface area (Å²) in [6.45, 7) is 5.11. The van der Waals surface area contributed by atoms with Crippen LogP contribution in [0.25, 0.3) is 0 Å². The molecule has 1 aromatic carbocycles. The number of esters is 3. The molecule has 0 spiro atoms. The lowest BCUT2D eigenvalue weighted by Crippen LogP contribution is -2.51. The number of anilines is 4. The number of methoxy groups -OCH3 is 1. The zero-order valence-electron chi connectivity index (χ0n) is 25.6. The Bertz CT molecular complexity index is 1370. The van der Waals surface area contributed by atoms with Crippen molar-refractivity contribution in [3.8, 4) is 0 Å². The Balaban J connectivity index is 1.47. The molecule has 0 aliphatic heterocycles. The molecule has 1 heterocycles. The first-order chi connectivity index (χ1) is 21.0. The number of aromatic nitrogens is 2. The molecule has 7 atom stereocenters. The van der Waals surface area contributed by atoms with Crippen molar-refractivity contribution in [1.29, 1.82) is 0 Å². The van der Waals surface area contributed by atoms with Gasteiger partial charge in [0.05, 0.1) is 19.4 Å². The average molecular weight is 611 g/mol. The summed E-state index contributed by atoms with van der Waals surface area (Å²) in [6.07, 6.45) is 3.67. The van der Waals surface area contributed by atoms with E-state index in [9.17, 15) is 19.2 Å². The molecule has 2 saturated carbocycles. The number of primary amides is 1. The molecule has 2 aliphatic carbocycles. The monoisotopic (exact) mass is 610 g/mol. The van der Waals surface area contributed by atoms with Crippen LogP contribution in [-0.4, -0.2) is 59.1 Å². The van der Waals surface area contributed by atoms with E-state index in [-0.39, 0.29) is 59.9 Å².